The Morgan fingerprint density at radius 2 is 2.41 bits per heavy atom. The number of carbonyl (C=O) groups excluding carboxylic acids is 1. The lowest BCUT2D eigenvalue weighted by molar-refractivity contribution is 0.0947. The summed E-state index contributed by atoms with van der Waals surface area (Å²) in [6.45, 7) is 2.09. The number of halogens is 1. The van der Waals surface area contributed by atoms with Crippen LogP contribution in [0.3, 0.4) is 0 Å². The minimum atomic E-state index is -0.272. The van der Waals surface area contributed by atoms with Crippen LogP contribution in [0.4, 0.5) is 0 Å². The quantitative estimate of drug-likeness (QED) is 0.906. The van der Waals surface area contributed by atoms with E-state index in [2.05, 4.69) is 15.5 Å². The van der Waals surface area contributed by atoms with Crippen LogP contribution in [-0.2, 0) is 6.54 Å². The maximum atomic E-state index is 11.8. The first-order valence-corrected chi connectivity index (χ1v) is 5.34. The Hall–Kier alpha value is -1.88. The highest BCUT2D eigenvalue weighted by molar-refractivity contribution is 6.33. The van der Waals surface area contributed by atoms with Crippen LogP contribution in [0.25, 0.3) is 0 Å². The van der Waals surface area contributed by atoms with Crippen molar-refractivity contribution >= 4 is 17.5 Å². The fourth-order valence-corrected chi connectivity index (χ4v) is 1.53. The molecule has 2 heterocycles. The third-order valence-electron chi connectivity index (χ3n) is 2.12. The molecule has 6 heteroatoms. The molecule has 0 radical (unpaired) electrons. The number of aryl methyl sites for hydroxylation is 1. The van der Waals surface area contributed by atoms with Crippen molar-refractivity contribution in [1.29, 1.82) is 0 Å². The first kappa shape index (κ1) is 11.6. The van der Waals surface area contributed by atoms with Crippen molar-refractivity contribution in [3.8, 4) is 0 Å². The van der Waals surface area contributed by atoms with E-state index in [4.69, 9.17) is 16.1 Å². The molecule has 17 heavy (non-hydrogen) atoms. The van der Waals surface area contributed by atoms with E-state index in [1.165, 1.54) is 12.4 Å². The summed E-state index contributed by atoms with van der Waals surface area (Å²) in [5.41, 5.74) is 1.16. The summed E-state index contributed by atoms with van der Waals surface area (Å²) in [5.74, 6) is 0.326. The van der Waals surface area contributed by atoms with E-state index in [0.29, 0.717) is 16.3 Å². The van der Waals surface area contributed by atoms with Gasteiger partial charge < -0.3 is 9.84 Å². The lowest BCUT2D eigenvalue weighted by atomic mass is 10.2. The largest absolute Gasteiger partial charge is 0.359 e. The maximum absolute atomic E-state index is 11.8. The van der Waals surface area contributed by atoms with Gasteiger partial charge in [-0.25, -0.2) is 0 Å². The third-order valence-corrected chi connectivity index (χ3v) is 2.42. The van der Waals surface area contributed by atoms with E-state index < -0.39 is 0 Å². The van der Waals surface area contributed by atoms with E-state index in [1.807, 2.05) is 6.92 Å². The zero-order chi connectivity index (χ0) is 12.3. The second-order valence-electron chi connectivity index (χ2n) is 3.47. The Morgan fingerprint density at radius 3 is 3.06 bits per heavy atom. The van der Waals surface area contributed by atoms with Gasteiger partial charge in [0.1, 0.15) is 0 Å². The third kappa shape index (κ3) is 2.82. The topological polar surface area (TPSA) is 68.0 Å². The number of pyridine rings is 1. The van der Waals surface area contributed by atoms with Gasteiger partial charge in [-0.3, -0.25) is 9.78 Å². The average molecular weight is 252 g/mol. The summed E-state index contributed by atoms with van der Waals surface area (Å²) in [5, 5.41) is 6.73. The van der Waals surface area contributed by atoms with Gasteiger partial charge in [-0.15, -0.1) is 0 Å². The Kier molecular flexibility index (Phi) is 3.39. The zero-order valence-electron chi connectivity index (χ0n) is 9.11. The van der Waals surface area contributed by atoms with E-state index >= 15 is 0 Å². The van der Waals surface area contributed by atoms with Gasteiger partial charge in [0.15, 0.2) is 5.76 Å². The van der Waals surface area contributed by atoms with Crippen molar-refractivity contribution in [3.63, 3.8) is 0 Å². The van der Waals surface area contributed by atoms with Gasteiger partial charge in [-0.1, -0.05) is 16.8 Å². The molecule has 0 aliphatic carbocycles. The van der Waals surface area contributed by atoms with Crippen LogP contribution in [-0.4, -0.2) is 16.0 Å². The minimum absolute atomic E-state index is 0.272. The van der Waals surface area contributed by atoms with Gasteiger partial charge >= 0.3 is 0 Å². The van der Waals surface area contributed by atoms with Crippen molar-refractivity contribution in [2.24, 2.45) is 0 Å². The molecule has 0 spiro atoms. The number of amides is 1. The van der Waals surface area contributed by atoms with Crippen molar-refractivity contribution < 1.29 is 9.32 Å². The number of carbonyl (C=O) groups is 1. The molecule has 0 unspecified atom stereocenters. The average Bonchev–Trinajstić information content (AvgIpc) is 2.73. The van der Waals surface area contributed by atoms with Crippen LogP contribution < -0.4 is 5.32 Å². The highest BCUT2D eigenvalue weighted by Gasteiger charge is 2.10. The number of aromatic nitrogens is 2. The molecule has 0 saturated heterocycles. The number of rotatable bonds is 3. The number of hydrogen-bond acceptors (Lipinski definition) is 4. The van der Waals surface area contributed by atoms with Crippen LogP contribution in [0.1, 0.15) is 21.8 Å². The number of nitrogens with one attached hydrogen (secondary N) is 1. The molecule has 2 rings (SSSR count). The minimum Gasteiger partial charge on any atom is -0.359 e. The SMILES string of the molecule is Cc1cc(CNC(=O)c2ccncc2Cl)on1. The molecule has 2 aromatic rings. The molecule has 2 aromatic heterocycles. The lowest BCUT2D eigenvalue weighted by Gasteiger charge is -2.03. The van der Waals surface area contributed by atoms with E-state index in [-0.39, 0.29) is 12.5 Å². The molecule has 5 nitrogen and oxygen atoms in total. The van der Waals surface area contributed by atoms with Crippen LogP contribution >= 0.6 is 11.6 Å². The molecule has 1 N–H and O–H groups in total. The van der Waals surface area contributed by atoms with Crippen molar-refractivity contribution in [3.05, 3.63) is 46.6 Å². The highest BCUT2D eigenvalue weighted by atomic mass is 35.5. The van der Waals surface area contributed by atoms with Gasteiger partial charge in [0.05, 0.1) is 22.8 Å². The highest BCUT2D eigenvalue weighted by Crippen LogP contribution is 2.13. The molecule has 0 aliphatic heterocycles. The van der Waals surface area contributed by atoms with Crippen molar-refractivity contribution in [1.82, 2.24) is 15.5 Å². The summed E-state index contributed by atoms with van der Waals surface area (Å²) in [7, 11) is 0. The van der Waals surface area contributed by atoms with E-state index in [9.17, 15) is 4.79 Å². The van der Waals surface area contributed by atoms with Crippen molar-refractivity contribution in [2.45, 2.75) is 13.5 Å². The summed E-state index contributed by atoms with van der Waals surface area (Å²) in [4.78, 5) is 15.6. The normalized spacial score (nSPS) is 10.2. The summed E-state index contributed by atoms with van der Waals surface area (Å²) in [6, 6.07) is 3.32. The number of nitrogens with zero attached hydrogens (tertiary/aromatic N) is 2. The van der Waals surface area contributed by atoms with Gasteiger partial charge in [0, 0.05) is 18.5 Å². The molecular formula is C11H10ClN3O2. The second kappa shape index (κ2) is 4.97. The van der Waals surface area contributed by atoms with Crippen LogP contribution in [0.5, 0.6) is 0 Å². The predicted molar refractivity (Wildman–Crippen MR) is 61.7 cm³/mol. The lowest BCUT2D eigenvalue weighted by Crippen LogP contribution is -2.22. The second-order valence-corrected chi connectivity index (χ2v) is 3.88. The Bertz CT molecular complexity index is 539. The monoisotopic (exact) mass is 251 g/mol. The van der Waals surface area contributed by atoms with E-state index in [1.54, 1.807) is 12.1 Å². The smallest absolute Gasteiger partial charge is 0.253 e. The fraction of sp³-hybridized carbons (Fsp3) is 0.182. The van der Waals surface area contributed by atoms with Crippen LogP contribution in [0.2, 0.25) is 5.02 Å². The number of hydrogen-bond donors (Lipinski definition) is 1. The van der Waals surface area contributed by atoms with Crippen LogP contribution in [0, 0.1) is 6.92 Å². The van der Waals surface area contributed by atoms with Crippen molar-refractivity contribution in [2.75, 3.05) is 0 Å². The molecule has 0 bridgehead atoms. The van der Waals surface area contributed by atoms with E-state index in [0.717, 1.165) is 5.69 Å². The Labute approximate surface area is 103 Å². The standard InChI is InChI=1S/C11H10ClN3O2/c1-7-4-8(17-15-7)5-14-11(16)9-2-3-13-6-10(9)12/h2-4,6H,5H2,1H3,(H,14,16). The molecule has 0 fully saturated rings. The zero-order valence-corrected chi connectivity index (χ0v) is 9.86. The summed E-state index contributed by atoms with van der Waals surface area (Å²) < 4.78 is 4.97. The molecule has 0 aromatic carbocycles. The van der Waals surface area contributed by atoms with Gasteiger partial charge in [0.2, 0.25) is 0 Å². The summed E-state index contributed by atoms with van der Waals surface area (Å²) in [6.07, 6.45) is 2.94. The summed E-state index contributed by atoms with van der Waals surface area (Å²) >= 11 is 5.85. The first-order chi connectivity index (χ1) is 8.16. The Morgan fingerprint density at radius 1 is 1.59 bits per heavy atom. The maximum Gasteiger partial charge on any atom is 0.253 e. The Balaban J connectivity index is 2.01. The van der Waals surface area contributed by atoms with Gasteiger partial charge in [-0.2, -0.15) is 0 Å². The molecule has 88 valence electrons. The fourth-order valence-electron chi connectivity index (χ4n) is 1.32. The molecular weight excluding hydrogens is 242 g/mol. The molecule has 0 aliphatic rings. The molecule has 1 amide bonds. The van der Waals surface area contributed by atoms with Crippen LogP contribution in [0.15, 0.2) is 29.0 Å². The van der Waals surface area contributed by atoms with Gasteiger partial charge in [0.25, 0.3) is 5.91 Å². The molecule has 0 saturated carbocycles. The predicted octanol–water partition coefficient (Wildman–Crippen LogP) is 1.96. The van der Waals surface area contributed by atoms with Gasteiger partial charge in [-0.05, 0) is 13.0 Å². The molecule has 0 atom stereocenters. The first-order valence-electron chi connectivity index (χ1n) is 4.96.